The van der Waals surface area contributed by atoms with Crippen LogP contribution < -0.4 is 14.8 Å². The molecule has 0 aliphatic rings. The van der Waals surface area contributed by atoms with Gasteiger partial charge in [0.25, 0.3) is 5.91 Å². The fourth-order valence-electron chi connectivity index (χ4n) is 1.86. The molecule has 0 saturated carbocycles. The molecule has 0 fully saturated rings. The summed E-state index contributed by atoms with van der Waals surface area (Å²) in [5.74, 6) is 1.10. The van der Waals surface area contributed by atoms with Crippen molar-refractivity contribution in [1.29, 1.82) is 0 Å². The summed E-state index contributed by atoms with van der Waals surface area (Å²) >= 11 is 3.41. The van der Waals surface area contributed by atoms with E-state index >= 15 is 0 Å². The van der Waals surface area contributed by atoms with Crippen LogP contribution in [-0.2, 0) is 0 Å². The number of carbonyl (C=O) groups excluding carboxylic acids is 1. The lowest BCUT2D eigenvalue weighted by molar-refractivity contribution is 0.0950. The Kier molecular flexibility index (Phi) is 8.11. The normalized spacial score (nSPS) is 10.2. The molecule has 0 heterocycles. The molecule has 112 valence electrons. The van der Waals surface area contributed by atoms with Gasteiger partial charge in [0.05, 0.1) is 19.8 Å². The minimum Gasteiger partial charge on any atom is -0.497 e. The molecule has 1 aromatic rings. The third kappa shape index (κ3) is 5.41. The average Bonchev–Trinajstić information content (AvgIpc) is 2.49. The topological polar surface area (TPSA) is 47.6 Å². The van der Waals surface area contributed by atoms with Gasteiger partial charge in [-0.15, -0.1) is 0 Å². The van der Waals surface area contributed by atoms with Crippen molar-refractivity contribution in [3.05, 3.63) is 23.8 Å². The first kappa shape index (κ1) is 16.8. The van der Waals surface area contributed by atoms with Gasteiger partial charge in [-0.2, -0.15) is 0 Å². The van der Waals surface area contributed by atoms with E-state index in [1.807, 2.05) is 0 Å². The lowest BCUT2D eigenvalue weighted by Crippen LogP contribution is -2.24. The van der Waals surface area contributed by atoms with Gasteiger partial charge in [0.15, 0.2) is 0 Å². The minimum atomic E-state index is -0.106. The van der Waals surface area contributed by atoms with E-state index < -0.39 is 0 Å². The summed E-state index contributed by atoms with van der Waals surface area (Å²) in [6, 6.07) is 5.19. The van der Waals surface area contributed by atoms with Gasteiger partial charge in [0.1, 0.15) is 11.5 Å². The molecule has 0 saturated heterocycles. The quantitative estimate of drug-likeness (QED) is 0.552. The smallest absolute Gasteiger partial charge is 0.255 e. The second-order valence-corrected chi connectivity index (χ2v) is 5.22. The molecule has 0 unspecified atom stereocenters. The zero-order chi connectivity index (χ0) is 14.8. The number of benzene rings is 1. The van der Waals surface area contributed by atoms with Gasteiger partial charge in [0.2, 0.25) is 0 Å². The molecule has 4 nitrogen and oxygen atoms in total. The van der Waals surface area contributed by atoms with Crippen molar-refractivity contribution >= 4 is 21.8 Å². The highest BCUT2D eigenvalue weighted by molar-refractivity contribution is 9.09. The van der Waals surface area contributed by atoms with Gasteiger partial charge in [-0.25, -0.2) is 0 Å². The van der Waals surface area contributed by atoms with Crippen LogP contribution in [0.15, 0.2) is 18.2 Å². The maximum absolute atomic E-state index is 12.1. The molecule has 20 heavy (non-hydrogen) atoms. The van der Waals surface area contributed by atoms with E-state index in [9.17, 15) is 4.79 Å². The van der Waals surface area contributed by atoms with Crippen LogP contribution in [0.3, 0.4) is 0 Å². The molecular weight excluding hydrogens is 322 g/mol. The van der Waals surface area contributed by atoms with E-state index in [4.69, 9.17) is 9.47 Å². The lowest BCUT2D eigenvalue weighted by atomic mass is 10.1. The van der Waals surface area contributed by atoms with Crippen molar-refractivity contribution in [3.8, 4) is 11.5 Å². The third-order valence-corrected chi connectivity index (χ3v) is 3.56. The first-order chi connectivity index (χ1) is 9.72. The largest absolute Gasteiger partial charge is 0.497 e. The number of nitrogens with one attached hydrogen (secondary N) is 1. The summed E-state index contributed by atoms with van der Waals surface area (Å²) < 4.78 is 10.3. The number of ether oxygens (including phenoxy) is 2. The van der Waals surface area contributed by atoms with E-state index in [-0.39, 0.29) is 5.91 Å². The summed E-state index contributed by atoms with van der Waals surface area (Å²) in [6.07, 6.45) is 4.50. The van der Waals surface area contributed by atoms with Crippen LogP contribution in [0.1, 0.15) is 36.0 Å². The molecule has 0 aliphatic heterocycles. The number of hydrogen-bond donors (Lipinski definition) is 1. The summed E-state index contributed by atoms with van der Waals surface area (Å²) in [5.41, 5.74) is 0.536. The number of rotatable bonds is 9. The lowest BCUT2D eigenvalue weighted by Gasteiger charge is -2.10. The van der Waals surface area contributed by atoms with E-state index in [0.29, 0.717) is 23.6 Å². The number of amides is 1. The predicted molar refractivity (Wildman–Crippen MR) is 84.1 cm³/mol. The predicted octanol–water partition coefficient (Wildman–Crippen LogP) is 3.39. The Morgan fingerprint density at radius 2 is 1.90 bits per heavy atom. The summed E-state index contributed by atoms with van der Waals surface area (Å²) in [5, 5.41) is 3.96. The second kappa shape index (κ2) is 9.64. The van der Waals surface area contributed by atoms with Gasteiger partial charge >= 0.3 is 0 Å². The monoisotopic (exact) mass is 343 g/mol. The summed E-state index contributed by atoms with van der Waals surface area (Å²) in [7, 11) is 3.13. The van der Waals surface area contributed by atoms with Crippen LogP contribution in [0.4, 0.5) is 0 Å². The number of halogens is 1. The molecule has 0 bridgehead atoms. The molecule has 0 radical (unpaired) electrons. The first-order valence-corrected chi connectivity index (χ1v) is 7.91. The van der Waals surface area contributed by atoms with Crippen LogP contribution in [0.2, 0.25) is 0 Å². The van der Waals surface area contributed by atoms with Crippen molar-refractivity contribution in [1.82, 2.24) is 5.32 Å². The highest BCUT2D eigenvalue weighted by Crippen LogP contribution is 2.24. The zero-order valence-corrected chi connectivity index (χ0v) is 13.7. The maximum Gasteiger partial charge on any atom is 0.255 e. The highest BCUT2D eigenvalue weighted by atomic mass is 79.9. The molecule has 0 atom stereocenters. The van der Waals surface area contributed by atoms with Gasteiger partial charge in [0, 0.05) is 17.9 Å². The Morgan fingerprint density at radius 1 is 1.15 bits per heavy atom. The summed E-state index contributed by atoms with van der Waals surface area (Å²) in [4.78, 5) is 12.1. The summed E-state index contributed by atoms with van der Waals surface area (Å²) in [6.45, 7) is 0.691. The third-order valence-electron chi connectivity index (χ3n) is 3.00. The molecule has 5 heteroatoms. The number of unbranched alkanes of at least 4 members (excludes halogenated alkanes) is 3. The molecule has 1 N–H and O–H groups in total. The second-order valence-electron chi connectivity index (χ2n) is 4.43. The molecular formula is C15H22BrNO3. The average molecular weight is 344 g/mol. The number of hydrogen-bond acceptors (Lipinski definition) is 3. The Labute approximate surface area is 129 Å². The van der Waals surface area contributed by atoms with E-state index in [0.717, 1.165) is 18.2 Å². The fraction of sp³-hybridized carbons (Fsp3) is 0.533. The maximum atomic E-state index is 12.1. The first-order valence-electron chi connectivity index (χ1n) is 6.79. The Hall–Kier alpha value is -1.23. The van der Waals surface area contributed by atoms with Crippen molar-refractivity contribution in [2.45, 2.75) is 25.7 Å². The van der Waals surface area contributed by atoms with Crippen LogP contribution in [-0.4, -0.2) is 32.0 Å². The molecule has 0 aromatic heterocycles. The van der Waals surface area contributed by atoms with E-state index in [1.165, 1.54) is 12.8 Å². The van der Waals surface area contributed by atoms with Crippen LogP contribution >= 0.6 is 15.9 Å². The Bertz CT molecular complexity index is 424. The Balaban J connectivity index is 2.46. The number of methoxy groups -OCH3 is 2. The molecule has 1 rings (SSSR count). The molecule has 1 amide bonds. The highest BCUT2D eigenvalue weighted by Gasteiger charge is 2.12. The van der Waals surface area contributed by atoms with Gasteiger partial charge in [-0.1, -0.05) is 28.8 Å². The number of carbonyl (C=O) groups is 1. The minimum absolute atomic E-state index is 0.106. The molecule has 1 aromatic carbocycles. The molecule has 0 aliphatic carbocycles. The van der Waals surface area contributed by atoms with Gasteiger partial charge < -0.3 is 14.8 Å². The van der Waals surface area contributed by atoms with E-state index in [1.54, 1.807) is 32.4 Å². The van der Waals surface area contributed by atoms with Crippen molar-refractivity contribution in [3.63, 3.8) is 0 Å². The van der Waals surface area contributed by atoms with Crippen molar-refractivity contribution in [2.75, 3.05) is 26.1 Å². The number of alkyl halides is 1. The standard InChI is InChI=1S/C15H22BrNO3/c1-19-12-7-8-13(14(11-12)20-2)15(18)17-10-6-4-3-5-9-16/h7-8,11H,3-6,9-10H2,1-2H3,(H,17,18). The van der Waals surface area contributed by atoms with Crippen LogP contribution in [0.5, 0.6) is 11.5 Å². The zero-order valence-electron chi connectivity index (χ0n) is 12.1. The van der Waals surface area contributed by atoms with E-state index in [2.05, 4.69) is 21.2 Å². The van der Waals surface area contributed by atoms with Crippen LogP contribution in [0, 0.1) is 0 Å². The molecule has 0 spiro atoms. The Morgan fingerprint density at radius 3 is 2.55 bits per heavy atom. The van der Waals surface area contributed by atoms with Crippen molar-refractivity contribution in [2.24, 2.45) is 0 Å². The van der Waals surface area contributed by atoms with Gasteiger partial charge in [-0.3, -0.25) is 4.79 Å². The van der Waals surface area contributed by atoms with Crippen molar-refractivity contribution < 1.29 is 14.3 Å². The van der Waals surface area contributed by atoms with Gasteiger partial charge in [-0.05, 0) is 25.0 Å². The van der Waals surface area contributed by atoms with Crippen LogP contribution in [0.25, 0.3) is 0 Å². The fourth-order valence-corrected chi connectivity index (χ4v) is 2.25. The SMILES string of the molecule is COc1ccc(C(=O)NCCCCCCBr)c(OC)c1.